The number of nitrogens with one attached hydrogen (secondary N) is 1. The zero-order valence-corrected chi connectivity index (χ0v) is 17.6. The van der Waals surface area contributed by atoms with E-state index >= 15 is 0 Å². The van der Waals surface area contributed by atoms with E-state index in [1.54, 1.807) is 23.1 Å². The van der Waals surface area contributed by atoms with Gasteiger partial charge in [-0.05, 0) is 75.0 Å². The number of hydrogen-bond acceptors (Lipinski definition) is 3. The van der Waals surface area contributed by atoms with Crippen molar-refractivity contribution in [3.8, 4) is 0 Å². The minimum Gasteiger partial charge on any atom is -0.324 e. The van der Waals surface area contributed by atoms with E-state index in [0.717, 1.165) is 19.3 Å². The third-order valence-corrected chi connectivity index (χ3v) is 8.15. The largest absolute Gasteiger partial charge is 0.324 e. The van der Waals surface area contributed by atoms with Crippen molar-refractivity contribution in [2.45, 2.75) is 51.0 Å². The number of amides is 3. The van der Waals surface area contributed by atoms with E-state index in [2.05, 4.69) is 5.32 Å². The SMILES string of the molecule is O=C(Nc1cc(Cl)ccc1Cl)C1CCC(N2C(=O)C3C4CCC(C4)C3C2=O)CC1. The van der Waals surface area contributed by atoms with E-state index in [0.29, 0.717) is 53.3 Å². The van der Waals surface area contributed by atoms with E-state index in [1.165, 1.54) is 0 Å². The van der Waals surface area contributed by atoms with Gasteiger partial charge >= 0.3 is 0 Å². The lowest BCUT2D eigenvalue weighted by Crippen LogP contribution is -2.44. The molecule has 5 rings (SSSR count). The summed E-state index contributed by atoms with van der Waals surface area (Å²) >= 11 is 12.1. The number of imide groups is 1. The van der Waals surface area contributed by atoms with Crippen LogP contribution in [0.1, 0.15) is 44.9 Å². The lowest BCUT2D eigenvalue weighted by molar-refractivity contribution is -0.144. The molecule has 3 saturated carbocycles. The molecule has 3 amide bonds. The highest BCUT2D eigenvalue weighted by molar-refractivity contribution is 6.35. The topological polar surface area (TPSA) is 66.5 Å². The Hall–Kier alpha value is -1.59. The van der Waals surface area contributed by atoms with Gasteiger partial charge in [0.15, 0.2) is 0 Å². The number of carbonyl (C=O) groups is 3. The van der Waals surface area contributed by atoms with Crippen LogP contribution in [0.5, 0.6) is 0 Å². The normalized spacial score (nSPS) is 35.9. The van der Waals surface area contributed by atoms with Gasteiger partial charge in [-0.3, -0.25) is 19.3 Å². The molecule has 7 heteroatoms. The monoisotopic (exact) mass is 434 g/mol. The van der Waals surface area contributed by atoms with Crippen molar-refractivity contribution in [1.29, 1.82) is 0 Å². The Morgan fingerprint density at radius 3 is 2.17 bits per heavy atom. The lowest BCUT2D eigenvalue weighted by atomic mass is 9.81. The number of anilines is 1. The minimum atomic E-state index is -0.148. The van der Waals surface area contributed by atoms with Crippen LogP contribution in [0.4, 0.5) is 5.69 Å². The highest BCUT2D eigenvalue weighted by Gasteiger charge is 2.61. The van der Waals surface area contributed by atoms with Crippen LogP contribution in [0.2, 0.25) is 10.0 Å². The highest BCUT2D eigenvalue weighted by atomic mass is 35.5. The molecular formula is C22H24Cl2N2O3. The highest BCUT2D eigenvalue weighted by Crippen LogP contribution is 2.56. The Morgan fingerprint density at radius 1 is 0.931 bits per heavy atom. The van der Waals surface area contributed by atoms with Crippen LogP contribution >= 0.6 is 23.2 Å². The molecule has 0 radical (unpaired) electrons. The number of carbonyl (C=O) groups excluding carboxylic acids is 3. The van der Waals surface area contributed by atoms with E-state index < -0.39 is 0 Å². The first-order valence-corrected chi connectivity index (χ1v) is 11.3. The maximum atomic E-state index is 13.0. The summed E-state index contributed by atoms with van der Waals surface area (Å²) in [6, 6.07) is 4.92. The molecule has 1 aromatic carbocycles. The Bertz CT molecular complexity index is 853. The average Bonchev–Trinajstić information content (AvgIpc) is 3.39. The van der Waals surface area contributed by atoms with Crippen molar-refractivity contribution < 1.29 is 14.4 Å². The molecule has 1 heterocycles. The Morgan fingerprint density at radius 2 is 1.55 bits per heavy atom. The van der Waals surface area contributed by atoms with E-state index in [4.69, 9.17) is 23.2 Å². The first kappa shape index (κ1) is 19.4. The number of likely N-dealkylation sites (tertiary alicyclic amines) is 1. The standard InChI is InChI=1S/C22H24Cl2N2O3/c23-14-5-8-16(24)17(10-14)25-20(27)11-3-6-15(7-4-11)26-21(28)18-12-1-2-13(9-12)19(18)22(26)29/h5,8,10-13,15,18-19H,1-4,6-7,9H2,(H,25,27). The van der Waals surface area contributed by atoms with Crippen molar-refractivity contribution in [1.82, 2.24) is 4.90 Å². The predicted molar refractivity (Wildman–Crippen MR) is 111 cm³/mol. The number of halogens is 2. The Labute approximate surface area is 180 Å². The van der Waals surface area contributed by atoms with Crippen LogP contribution in [-0.4, -0.2) is 28.7 Å². The second kappa shape index (κ2) is 7.28. The number of nitrogens with zero attached hydrogens (tertiary/aromatic N) is 1. The maximum Gasteiger partial charge on any atom is 0.233 e. The smallest absolute Gasteiger partial charge is 0.233 e. The third kappa shape index (κ3) is 3.17. The average molecular weight is 435 g/mol. The van der Waals surface area contributed by atoms with Crippen LogP contribution < -0.4 is 5.32 Å². The molecule has 4 unspecified atom stereocenters. The quantitative estimate of drug-likeness (QED) is 0.710. The number of hydrogen-bond donors (Lipinski definition) is 1. The number of fused-ring (bicyclic) bond motifs is 5. The van der Waals surface area contributed by atoms with Crippen molar-refractivity contribution in [2.75, 3.05) is 5.32 Å². The van der Waals surface area contributed by atoms with Gasteiger partial charge in [0, 0.05) is 17.0 Å². The number of rotatable bonds is 3. The van der Waals surface area contributed by atoms with Crippen LogP contribution in [0, 0.1) is 29.6 Å². The zero-order chi connectivity index (χ0) is 20.3. The zero-order valence-electron chi connectivity index (χ0n) is 16.1. The summed E-state index contributed by atoms with van der Waals surface area (Å²) in [7, 11) is 0. The third-order valence-electron chi connectivity index (χ3n) is 7.58. The van der Waals surface area contributed by atoms with Gasteiger partial charge in [-0.15, -0.1) is 0 Å². The first-order valence-electron chi connectivity index (χ1n) is 10.6. The molecule has 1 saturated heterocycles. The van der Waals surface area contributed by atoms with E-state index in [1.807, 2.05) is 0 Å². The van der Waals surface area contributed by atoms with Crippen molar-refractivity contribution >= 4 is 46.6 Å². The molecule has 1 aliphatic heterocycles. The van der Waals surface area contributed by atoms with Crippen molar-refractivity contribution in [3.05, 3.63) is 28.2 Å². The predicted octanol–water partition coefficient (Wildman–Crippen LogP) is 4.52. The van der Waals surface area contributed by atoms with Gasteiger partial charge in [-0.25, -0.2) is 0 Å². The molecular weight excluding hydrogens is 411 g/mol. The number of benzene rings is 1. The summed E-state index contributed by atoms with van der Waals surface area (Å²) in [5, 5.41) is 3.83. The maximum absolute atomic E-state index is 13.0. The molecule has 1 N–H and O–H groups in total. The molecule has 4 aliphatic rings. The Kier molecular flexibility index (Phi) is 4.86. The summed E-state index contributed by atoms with van der Waals surface area (Å²) < 4.78 is 0. The first-order chi connectivity index (χ1) is 13.9. The molecule has 5 nitrogen and oxygen atoms in total. The molecule has 4 fully saturated rings. The van der Waals surface area contributed by atoms with Gasteiger partial charge in [0.2, 0.25) is 17.7 Å². The van der Waals surface area contributed by atoms with Crippen molar-refractivity contribution in [3.63, 3.8) is 0 Å². The lowest BCUT2D eigenvalue weighted by Gasteiger charge is -2.33. The molecule has 29 heavy (non-hydrogen) atoms. The van der Waals surface area contributed by atoms with Gasteiger partial charge in [0.05, 0.1) is 22.5 Å². The summed E-state index contributed by atoms with van der Waals surface area (Å²) in [5.41, 5.74) is 0.513. The van der Waals surface area contributed by atoms with E-state index in [9.17, 15) is 14.4 Å². The fourth-order valence-corrected chi connectivity index (χ4v) is 6.55. The molecule has 0 spiro atoms. The van der Waals surface area contributed by atoms with Gasteiger partial charge in [0.1, 0.15) is 0 Å². The molecule has 154 valence electrons. The second-order valence-electron chi connectivity index (χ2n) is 9.05. The molecule has 2 bridgehead atoms. The van der Waals surface area contributed by atoms with Crippen molar-refractivity contribution in [2.24, 2.45) is 29.6 Å². The fourth-order valence-electron chi connectivity index (χ4n) is 6.22. The summed E-state index contributed by atoms with van der Waals surface area (Å²) in [4.78, 5) is 40.3. The Balaban J connectivity index is 1.22. The molecule has 1 aromatic rings. The van der Waals surface area contributed by atoms with Gasteiger partial charge in [0.25, 0.3) is 0 Å². The summed E-state index contributed by atoms with van der Waals surface area (Å²) in [5.74, 6) is 0.592. The summed E-state index contributed by atoms with van der Waals surface area (Å²) in [6.45, 7) is 0. The minimum absolute atomic E-state index is 0.0567. The fraction of sp³-hybridized carbons (Fsp3) is 0.591. The van der Waals surface area contributed by atoms with E-state index in [-0.39, 0.29) is 41.5 Å². The van der Waals surface area contributed by atoms with Crippen LogP contribution in [0.25, 0.3) is 0 Å². The van der Waals surface area contributed by atoms with Gasteiger partial charge in [-0.2, -0.15) is 0 Å². The van der Waals surface area contributed by atoms with Crippen LogP contribution in [0.15, 0.2) is 18.2 Å². The van der Waals surface area contributed by atoms with Crippen LogP contribution in [-0.2, 0) is 14.4 Å². The van der Waals surface area contributed by atoms with Gasteiger partial charge in [-0.1, -0.05) is 23.2 Å². The van der Waals surface area contributed by atoms with Gasteiger partial charge < -0.3 is 5.32 Å². The second-order valence-corrected chi connectivity index (χ2v) is 9.89. The van der Waals surface area contributed by atoms with Crippen LogP contribution in [0.3, 0.4) is 0 Å². The molecule has 0 aromatic heterocycles. The molecule has 4 atom stereocenters. The molecule has 3 aliphatic carbocycles. The summed E-state index contributed by atoms with van der Waals surface area (Å²) in [6.07, 6.45) is 5.94.